The second-order valence-electron chi connectivity index (χ2n) is 28.0. The first-order chi connectivity index (χ1) is 48.5. The molecule has 0 bridgehead atoms. The summed E-state index contributed by atoms with van der Waals surface area (Å²) in [5, 5.41) is 5.58. The van der Waals surface area contributed by atoms with Crippen molar-refractivity contribution in [3.8, 4) is 11.5 Å². The summed E-state index contributed by atoms with van der Waals surface area (Å²) in [6.07, 6.45) is 4.64. The highest BCUT2D eigenvalue weighted by Gasteiger charge is 2.55. The molecule has 2 atom stereocenters. The number of halogens is 12. The van der Waals surface area contributed by atoms with Crippen molar-refractivity contribution in [1.82, 2.24) is 10.9 Å². The van der Waals surface area contributed by atoms with Crippen molar-refractivity contribution in [1.29, 1.82) is 0 Å². The molecule has 2 aliphatic rings. The molecule has 26 heteroatoms. The fourth-order valence-electron chi connectivity index (χ4n) is 11.9. The van der Waals surface area contributed by atoms with Crippen molar-refractivity contribution < 1.29 is 28.7 Å². The Balaban J connectivity index is 1.09. The topological polar surface area (TPSA) is 166 Å². The van der Waals surface area contributed by atoms with Crippen LogP contribution in [0.5, 0.6) is 11.5 Å². The van der Waals surface area contributed by atoms with Gasteiger partial charge in [0, 0.05) is 41.3 Å². The van der Waals surface area contributed by atoms with Crippen molar-refractivity contribution in [3.63, 3.8) is 0 Å². The maximum atomic E-state index is 16.1. The molecule has 2 aliphatic heterocycles. The highest BCUT2D eigenvalue weighted by molar-refractivity contribution is 6.58. The van der Waals surface area contributed by atoms with E-state index in [1.54, 1.807) is 42.5 Å². The summed E-state index contributed by atoms with van der Waals surface area (Å²) in [6, 6.07) is 30.6. The highest BCUT2D eigenvalue weighted by Crippen LogP contribution is 2.54. The Labute approximate surface area is 662 Å². The highest BCUT2D eigenvalue weighted by atomic mass is 35.5. The molecule has 103 heavy (non-hydrogen) atoms. The Morgan fingerprint density at radius 2 is 0.796 bits per heavy atom. The molecule has 0 aromatic heterocycles. The summed E-state index contributed by atoms with van der Waals surface area (Å²) < 4.78 is 12.8. The van der Waals surface area contributed by atoms with Gasteiger partial charge >= 0.3 is 0 Å². The van der Waals surface area contributed by atoms with Crippen molar-refractivity contribution >= 4 is 209 Å². The predicted octanol–water partition coefficient (Wildman–Crippen LogP) is 24.8. The largest absolute Gasteiger partial charge is 0.493 e. The van der Waals surface area contributed by atoms with Gasteiger partial charge in [-0.1, -0.05) is 277 Å². The molecule has 2 heterocycles. The third-order valence-electron chi connectivity index (χ3n) is 19.8. The maximum absolute atomic E-state index is 16.1. The van der Waals surface area contributed by atoms with E-state index in [4.69, 9.17) is 159 Å². The van der Waals surface area contributed by atoms with Crippen LogP contribution in [0.3, 0.4) is 0 Å². The lowest BCUT2D eigenvalue weighted by Gasteiger charge is -2.30. The number of rotatable bonds is 27. The molecule has 0 saturated carbocycles. The first kappa shape index (κ1) is 81.5. The van der Waals surface area contributed by atoms with Gasteiger partial charge in [0.25, 0.3) is 11.8 Å². The van der Waals surface area contributed by atoms with E-state index in [2.05, 4.69) is 129 Å². The van der Waals surface area contributed by atoms with Crippen LogP contribution in [0.4, 0.5) is 34.1 Å². The summed E-state index contributed by atoms with van der Waals surface area (Å²) in [5.74, 6) is -5.57. The minimum atomic E-state index is -1.58. The van der Waals surface area contributed by atoms with Gasteiger partial charge in [-0.2, -0.15) is 0 Å². The number of carbonyl (C=O) groups is 4. The molecular weight excluding hydrogens is 1560 g/mol. The minimum Gasteiger partial charge on any atom is -0.493 e. The standard InChI is InChI=1S/C77H80Cl12N8O6/c1-13-74(5,6)41-26-32-51(45(36-41)76(9,10)15-3)102-34-20-24-53(98)90-43-28-30-47(78)49(38-43)92-70-56(72(100)96(94-70)68-64(86)60(82)58(80)61(83)65(68)87)55(40-22-18-17-19-23-40)57-71(95-97(73(57)101)69-66(88)62(84)59(81)63(85)67(69)89)93-50-39-44(29-31-48(50)79)91-54(99)25-21-35-103-52-33-27-42(75(7,8)14-2)37-46(52)77(11,12)16-4/h17-19,22-23,26-33,36-39,55-57H,13-16,20-21,24-25,34-35H2,1-12H3,(H,90,98)(H,91,99)(H,92,94)(H,93,95). The molecule has 2 unspecified atom stereocenters. The van der Waals surface area contributed by atoms with Gasteiger partial charge < -0.3 is 20.1 Å². The van der Waals surface area contributed by atoms with Gasteiger partial charge in [0.1, 0.15) is 46.4 Å². The summed E-state index contributed by atoms with van der Waals surface area (Å²) in [4.78, 5) is 70.0. The van der Waals surface area contributed by atoms with Gasteiger partial charge in [-0.15, -0.1) is 0 Å². The minimum absolute atomic E-state index is 0.0267. The van der Waals surface area contributed by atoms with Crippen LogP contribution in [0.25, 0.3) is 0 Å². The molecule has 548 valence electrons. The summed E-state index contributed by atoms with van der Waals surface area (Å²) in [5.41, 5.74) is 11.1. The lowest BCUT2D eigenvalue weighted by molar-refractivity contribution is -0.122. The van der Waals surface area contributed by atoms with E-state index in [1.807, 2.05) is 12.1 Å². The monoisotopic (exact) mass is 1630 g/mol. The summed E-state index contributed by atoms with van der Waals surface area (Å²) >= 11 is 81.9. The number of amidine groups is 2. The number of hydrogen-bond acceptors (Lipinski definition) is 8. The van der Waals surface area contributed by atoms with Gasteiger partial charge in [-0.05, 0) is 125 Å². The Bertz CT molecular complexity index is 4170. The molecule has 7 aromatic rings. The van der Waals surface area contributed by atoms with Gasteiger partial charge in [-0.3, -0.25) is 30.0 Å². The molecule has 0 radical (unpaired) electrons. The third kappa shape index (κ3) is 17.7. The zero-order valence-corrected chi connectivity index (χ0v) is 68.0. The summed E-state index contributed by atoms with van der Waals surface area (Å²) in [7, 11) is 0. The van der Waals surface area contributed by atoms with Crippen molar-refractivity contribution in [2.45, 2.75) is 162 Å². The van der Waals surface area contributed by atoms with Crippen LogP contribution in [0.2, 0.25) is 60.3 Å². The van der Waals surface area contributed by atoms with Gasteiger partial charge in [-0.25, -0.2) is 20.0 Å². The molecule has 7 aromatic carbocycles. The average molecular weight is 1640 g/mol. The zero-order chi connectivity index (χ0) is 75.5. The SMILES string of the molecule is CCC(C)(C)c1ccc(OCCCC(=O)Nc2ccc(Cl)c(N=C3NN(c4c(Cl)c(Cl)c(Cl)c(Cl)c4Cl)C(=O)C3C(c3ccccc3)C3C(=O)N(c4c(Cl)c(Cl)c(Cl)c(Cl)c4Cl)NC3=Nc3cc(NC(=O)CCCOc4ccc(C(C)(C)CC)cc4C(C)(C)CC)ccc3Cl)c2)c(C(C)(C)CC)c1. The molecular formula is C77H80Cl12N8O6. The van der Waals surface area contributed by atoms with E-state index < -0.39 is 29.6 Å². The van der Waals surface area contributed by atoms with Gasteiger partial charge in [0.2, 0.25) is 11.8 Å². The number of anilines is 4. The number of ether oxygens (including phenoxy) is 2. The molecule has 4 N–H and O–H groups in total. The number of aliphatic imine (C=N–C) groups is 2. The summed E-state index contributed by atoms with van der Waals surface area (Å²) in [6.45, 7) is 26.9. The Hall–Kier alpha value is -5.56. The van der Waals surface area contributed by atoms with E-state index in [-0.39, 0.29) is 154 Å². The molecule has 14 nitrogen and oxygen atoms in total. The van der Waals surface area contributed by atoms with E-state index in [9.17, 15) is 9.59 Å². The fraction of sp³-hybridized carbons (Fsp3) is 0.377. The molecule has 0 aliphatic carbocycles. The Kier molecular flexibility index (Phi) is 26.7. The second-order valence-corrected chi connectivity index (χ2v) is 32.6. The van der Waals surface area contributed by atoms with Crippen LogP contribution in [0.1, 0.15) is 168 Å². The number of hydrogen-bond donors (Lipinski definition) is 4. The van der Waals surface area contributed by atoms with Gasteiger partial charge in [0.05, 0.1) is 84.9 Å². The second kappa shape index (κ2) is 33.7. The quantitative estimate of drug-likeness (QED) is 0.0224. The van der Waals surface area contributed by atoms with Crippen LogP contribution in [0.15, 0.2) is 113 Å². The van der Waals surface area contributed by atoms with E-state index in [0.29, 0.717) is 29.8 Å². The molecule has 0 spiro atoms. The number of amides is 4. The van der Waals surface area contributed by atoms with Crippen LogP contribution in [-0.2, 0) is 40.8 Å². The van der Waals surface area contributed by atoms with Crippen LogP contribution in [0, 0.1) is 11.8 Å². The first-order valence-corrected chi connectivity index (χ1v) is 38.3. The number of nitrogens with one attached hydrogen (secondary N) is 4. The Morgan fingerprint density at radius 1 is 0.456 bits per heavy atom. The fourth-order valence-corrected chi connectivity index (χ4v) is 14.8. The lowest BCUT2D eigenvalue weighted by Crippen LogP contribution is -2.38. The number of nitrogens with zero attached hydrogens (tertiary/aromatic N) is 4. The molecule has 9 rings (SSSR count). The molecule has 2 fully saturated rings. The van der Waals surface area contributed by atoms with Crippen LogP contribution >= 0.6 is 139 Å². The smallest absolute Gasteiger partial charge is 0.257 e. The normalized spacial score (nSPS) is 16.2. The maximum Gasteiger partial charge on any atom is 0.257 e. The zero-order valence-electron chi connectivity index (χ0n) is 58.9. The molecule has 2 saturated heterocycles. The lowest BCUT2D eigenvalue weighted by atomic mass is 9.75. The van der Waals surface area contributed by atoms with Crippen molar-refractivity contribution in [3.05, 3.63) is 191 Å². The predicted molar refractivity (Wildman–Crippen MR) is 430 cm³/mol. The van der Waals surface area contributed by atoms with Crippen LogP contribution < -0.4 is 41.0 Å². The number of benzene rings is 7. The Morgan fingerprint density at radius 3 is 1.14 bits per heavy atom. The van der Waals surface area contributed by atoms with E-state index in [1.165, 1.54) is 35.4 Å². The van der Waals surface area contributed by atoms with Crippen molar-refractivity contribution in [2.24, 2.45) is 21.8 Å². The first-order valence-electron chi connectivity index (χ1n) is 33.7. The van der Waals surface area contributed by atoms with Crippen molar-refractivity contribution in [2.75, 3.05) is 33.9 Å². The van der Waals surface area contributed by atoms with E-state index >= 15 is 9.59 Å². The molecule has 4 amide bonds. The van der Waals surface area contributed by atoms with Gasteiger partial charge in [0.15, 0.2) is 0 Å². The number of hydrazine groups is 2. The van der Waals surface area contributed by atoms with E-state index in [0.717, 1.165) is 58.3 Å². The average Bonchev–Trinajstić information content (AvgIpc) is 1.58. The van der Waals surface area contributed by atoms with Crippen LogP contribution in [-0.4, -0.2) is 48.5 Å². The number of carbonyl (C=O) groups excluding carboxylic acids is 4. The third-order valence-corrected chi connectivity index (χ3v) is 25.0.